The van der Waals surface area contributed by atoms with Crippen LogP contribution in [0, 0.1) is 0 Å². The number of nitrogens with one attached hydrogen (secondary N) is 1. The Morgan fingerprint density at radius 2 is 2.13 bits per heavy atom. The molecule has 1 N–H and O–H groups in total. The minimum absolute atomic E-state index is 0.153. The van der Waals surface area contributed by atoms with Crippen molar-refractivity contribution in [2.24, 2.45) is 0 Å². The number of hydrogen-bond donors (Lipinski definition) is 1. The molecule has 0 unspecified atom stereocenters. The topological polar surface area (TPSA) is 59.1 Å². The summed E-state index contributed by atoms with van der Waals surface area (Å²) in [6, 6.07) is 2.91. The number of rotatable bonds is 3. The zero-order valence-electron chi connectivity index (χ0n) is 8.20. The van der Waals surface area contributed by atoms with Crippen LogP contribution in [-0.4, -0.2) is 18.9 Å². The zero-order chi connectivity index (χ0) is 11.1. The predicted molar refractivity (Wildman–Crippen MR) is 57.2 cm³/mol. The molecule has 0 amide bonds. The van der Waals surface area contributed by atoms with Crippen LogP contribution < -0.4 is 4.72 Å². The normalized spacial score (nSPS) is 18.8. The molecule has 1 heterocycles. The third kappa shape index (κ3) is 2.48. The number of halogens is 1. The average Bonchev–Trinajstić information content (AvgIpc) is 2.82. The van der Waals surface area contributed by atoms with Crippen LogP contribution in [0.3, 0.4) is 0 Å². The SMILES string of the molecule is CC1(NS(=O)(=O)c2ccc(Cl)nc2)CC1. The molecule has 0 aromatic carbocycles. The van der Waals surface area contributed by atoms with Gasteiger partial charge >= 0.3 is 0 Å². The van der Waals surface area contributed by atoms with Crippen LogP contribution in [0.2, 0.25) is 5.15 Å². The van der Waals surface area contributed by atoms with Gasteiger partial charge in [0.2, 0.25) is 10.0 Å². The first-order valence-corrected chi connectivity index (χ1v) is 6.43. The molecular weight excluding hydrogens is 236 g/mol. The second-order valence-corrected chi connectivity index (χ2v) is 6.05. The van der Waals surface area contributed by atoms with Crippen molar-refractivity contribution in [3.05, 3.63) is 23.5 Å². The smallest absolute Gasteiger partial charge is 0.242 e. The van der Waals surface area contributed by atoms with Gasteiger partial charge in [-0.2, -0.15) is 0 Å². The fourth-order valence-corrected chi connectivity index (χ4v) is 2.72. The van der Waals surface area contributed by atoms with Crippen LogP contribution in [0.15, 0.2) is 23.2 Å². The Morgan fingerprint density at radius 1 is 1.47 bits per heavy atom. The maximum Gasteiger partial charge on any atom is 0.242 e. The largest absolute Gasteiger partial charge is 0.243 e. The van der Waals surface area contributed by atoms with Crippen LogP contribution in [0.1, 0.15) is 19.8 Å². The standard InChI is InChI=1S/C9H11ClN2O2S/c1-9(4-5-9)12-15(13,14)7-2-3-8(10)11-6-7/h2-3,6,12H,4-5H2,1H3. The molecule has 6 heteroatoms. The summed E-state index contributed by atoms with van der Waals surface area (Å²) < 4.78 is 26.2. The summed E-state index contributed by atoms with van der Waals surface area (Å²) in [6.45, 7) is 1.88. The second kappa shape index (κ2) is 3.43. The Balaban J connectivity index is 2.25. The molecule has 2 rings (SSSR count). The Labute approximate surface area is 93.7 Å². The molecule has 4 nitrogen and oxygen atoms in total. The summed E-state index contributed by atoms with van der Waals surface area (Å²) in [6.07, 6.45) is 3.02. The quantitative estimate of drug-likeness (QED) is 0.824. The minimum Gasteiger partial charge on any atom is -0.243 e. The first kappa shape index (κ1) is 10.9. The van der Waals surface area contributed by atoms with Crippen LogP contribution in [0.4, 0.5) is 0 Å². The Hall–Kier alpha value is -0.650. The summed E-state index contributed by atoms with van der Waals surface area (Å²) in [5.74, 6) is 0. The molecule has 1 aromatic heterocycles. The van der Waals surface area contributed by atoms with Crippen LogP contribution in [-0.2, 0) is 10.0 Å². The van der Waals surface area contributed by atoms with E-state index in [-0.39, 0.29) is 15.6 Å². The highest BCUT2D eigenvalue weighted by molar-refractivity contribution is 7.89. The summed E-state index contributed by atoms with van der Waals surface area (Å²) in [5.41, 5.74) is -0.265. The van der Waals surface area contributed by atoms with E-state index in [2.05, 4.69) is 9.71 Å². The van der Waals surface area contributed by atoms with Crippen LogP contribution in [0.5, 0.6) is 0 Å². The molecule has 0 saturated heterocycles. The third-order valence-electron chi connectivity index (χ3n) is 2.39. The summed E-state index contributed by atoms with van der Waals surface area (Å²) in [7, 11) is -3.44. The van der Waals surface area contributed by atoms with Gasteiger partial charge in [0.25, 0.3) is 0 Å². The highest BCUT2D eigenvalue weighted by Crippen LogP contribution is 2.35. The lowest BCUT2D eigenvalue weighted by Gasteiger charge is -2.11. The van der Waals surface area contributed by atoms with Crippen molar-refractivity contribution in [1.82, 2.24) is 9.71 Å². The van der Waals surface area contributed by atoms with Crippen molar-refractivity contribution in [2.45, 2.75) is 30.2 Å². The van der Waals surface area contributed by atoms with E-state index < -0.39 is 10.0 Å². The van der Waals surface area contributed by atoms with Gasteiger partial charge in [-0.15, -0.1) is 0 Å². The second-order valence-electron chi connectivity index (χ2n) is 3.98. The number of aromatic nitrogens is 1. The summed E-state index contributed by atoms with van der Waals surface area (Å²) >= 11 is 5.58. The van der Waals surface area contributed by atoms with Gasteiger partial charge in [-0.3, -0.25) is 0 Å². The summed E-state index contributed by atoms with van der Waals surface area (Å²) in [4.78, 5) is 3.89. The number of pyridine rings is 1. The van der Waals surface area contributed by atoms with Crippen LogP contribution >= 0.6 is 11.6 Å². The van der Waals surface area contributed by atoms with Crippen molar-refractivity contribution in [3.8, 4) is 0 Å². The molecule has 1 saturated carbocycles. The lowest BCUT2D eigenvalue weighted by Crippen LogP contribution is -2.34. The fraction of sp³-hybridized carbons (Fsp3) is 0.444. The van der Waals surface area contributed by atoms with Crippen molar-refractivity contribution < 1.29 is 8.42 Å². The van der Waals surface area contributed by atoms with Crippen LogP contribution in [0.25, 0.3) is 0 Å². The summed E-state index contributed by atoms with van der Waals surface area (Å²) in [5, 5.41) is 0.284. The van der Waals surface area contributed by atoms with Gasteiger partial charge in [-0.25, -0.2) is 18.1 Å². The van der Waals surface area contributed by atoms with Gasteiger partial charge in [0.15, 0.2) is 0 Å². The first-order valence-electron chi connectivity index (χ1n) is 4.57. The van der Waals surface area contributed by atoms with Gasteiger partial charge < -0.3 is 0 Å². The van der Waals surface area contributed by atoms with E-state index in [1.54, 1.807) is 0 Å². The predicted octanol–water partition coefficient (Wildman–Crippen LogP) is 1.57. The molecule has 0 spiro atoms. The highest BCUT2D eigenvalue weighted by Gasteiger charge is 2.41. The van der Waals surface area contributed by atoms with Gasteiger partial charge in [-0.1, -0.05) is 11.6 Å². The minimum atomic E-state index is -3.44. The Morgan fingerprint density at radius 3 is 2.60 bits per heavy atom. The third-order valence-corrected chi connectivity index (χ3v) is 4.24. The lowest BCUT2D eigenvalue weighted by atomic mass is 10.4. The number of nitrogens with zero attached hydrogens (tertiary/aromatic N) is 1. The van der Waals surface area contributed by atoms with E-state index in [0.29, 0.717) is 0 Å². The lowest BCUT2D eigenvalue weighted by molar-refractivity contribution is 0.557. The van der Waals surface area contributed by atoms with Gasteiger partial charge in [0, 0.05) is 11.7 Å². The molecule has 82 valence electrons. The fourth-order valence-electron chi connectivity index (χ4n) is 1.19. The highest BCUT2D eigenvalue weighted by atomic mass is 35.5. The zero-order valence-corrected chi connectivity index (χ0v) is 9.77. The van der Waals surface area contributed by atoms with Crippen molar-refractivity contribution >= 4 is 21.6 Å². The Kier molecular flexibility index (Phi) is 2.48. The molecular formula is C9H11ClN2O2S. The maximum atomic E-state index is 11.8. The molecule has 1 aliphatic rings. The van der Waals surface area contributed by atoms with Crippen molar-refractivity contribution in [3.63, 3.8) is 0 Å². The average molecular weight is 247 g/mol. The molecule has 0 bridgehead atoms. The van der Waals surface area contributed by atoms with Gasteiger partial charge in [0.1, 0.15) is 10.0 Å². The van der Waals surface area contributed by atoms with E-state index in [0.717, 1.165) is 12.8 Å². The maximum absolute atomic E-state index is 11.8. The molecule has 0 aliphatic heterocycles. The van der Waals surface area contributed by atoms with E-state index in [9.17, 15) is 8.42 Å². The van der Waals surface area contributed by atoms with Crippen molar-refractivity contribution in [1.29, 1.82) is 0 Å². The van der Waals surface area contributed by atoms with Crippen molar-refractivity contribution in [2.75, 3.05) is 0 Å². The molecule has 0 radical (unpaired) electrons. The van der Waals surface area contributed by atoms with E-state index in [4.69, 9.17) is 11.6 Å². The van der Waals surface area contributed by atoms with E-state index in [1.165, 1.54) is 18.3 Å². The number of hydrogen-bond acceptors (Lipinski definition) is 3. The van der Waals surface area contributed by atoms with Gasteiger partial charge in [0.05, 0.1) is 0 Å². The number of sulfonamides is 1. The molecule has 1 aliphatic carbocycles. The molecule has 1 fully saturated rings. The molecule has 0 atom stereocenters. The molecule has 1 aromatic rings. The van der Waals surface area contributed by atoms with E-state index in [1.807, 2.05) is 6.92 Å². The van der Waals surface area contributed by atoms with E-state index >= 15 is 0 Å². The molecule has 15 heavy (non-hydrogen) atoms. The first-order chi connectivity index (χ1) is 6.91. The Bertz CT molecular complexity index is 465. The van der Waals surface area contributed by atoms with Gasteiger partial charge in [-0.05, 0) is 31.9 Å². The monoisotopic (exact) mass is 246 g/mol.